The third kappa shape index (κ3) is 5.46. The molecule has 2 nitrogen and oxygen atoms in total. The van der Waals surface area contributed by atoms with E-state index in [4.69, 9.17) is 0 Å². The molecule has 2 heterocycles. The number of nitrogens with zero attached hydrogens (tertiary/aromatic N) is 2. The predicted octanol–water partition coefficient (Wildman–Crippen LogP) is 9.26. The molecule has 205 valence electrons. The van der Waals surface area contributed by atoms with Gasteiger partial charge < -0.3 is 9.97 Å². The fraction of sp³-hybridized carbons (Fsp3) is 0.243. The Morgan fingerprint density at radius 1 is 0.625 bits per heavy atom. The van der Waals surface area contributed by atoms with E-state index in [9.17, 15) is 0 Å². The smallest absolute Gasteiger partial charge is 0.0190 e. The van der Waals surface area contributed by atoms with E-state index >= 15 is 0 Å². The van der Waals surface area contributed by atoms with Crippen molar-refractivity contribution in [3.63, 3.8) is 0 Å². The van der Waals surface area contributed by atoms with Gasteiger partial charge in [-0.3, -0.25) is 0 Å². The number of fused-ring (bicyclic) bond motifs is 3. The molecule has 0 unspecified atom stereocenters. The number of benzene rings is 3. The summed E-state index contributed by atoms with van der Waals surface area (Å²) in [5.74, 6) is 0. The molecule has 1 aliphatic rings. The van der Waals surface area contributed by atoms with Crippen molar-refractivity contribution in [2.45, 2.75) is 59.3 Å². The van der Waals surface area contributed by atoms with Crippen LogP contribution >= 0.6 is 0 Å². The Morgan fingerprint density at radius 2 is 1.32 bits per heavy atom. The predicted molar refractivity (Wildman–Crippen MR) is 163 cm³/mol. The van der Waals surface area contributed by atoms with Gasteiger partial charge in [0.15, 0.2) is 0 Å². The van der Waals surface area contributed by atoms with Gasteiger partial charge >= 0.3 is 0 Å². The van der Waals surface area contributed by atoms with Crippen LogP contribution in [-0.2, 0) is 30.9 Å². The van der Waals surface area contributed by atoms with E-state index in [-0.39, 0.29) is 30.9 Å². The number of aryl methyl sites for hydroxylation is 3. The van der Waals surface area contributed by atoms with Crippen LogP contribution in [0.25, 0.3) is 33.6 Å². The average Bonchev–Trinajstić information content (AvgIpc) is 2.93. The van der Waals surface area contributed by atoms with Crippen LogP contribution < -0.4 is 0 Å². The topological polar surface area (TPSA) is 25.8 Å². The minimum absolute atomic E-state index is 0. The molecule has 0 fully saturated rings. The Kier molecular flexibility index (Phi) is 8.59. The van der Waals surface area contributed by atoms with Crippen LogP contribution in [-0.4, -0.2) is 9.97 Å². The van der Waals surface area contributed by atoms with Crippen molar-refractivity contribution < 1.29 is 20.1 Å². The third-order valence-electron chi connectivity index (χ3n) is 8.46. The quantitative estimate of drug-likeness (QED) is 0.172. The molecule has 40 heavy (non-hydrogen) atoms. The van der Waals surface area contributed by atoms with Crippen LogP contribution in [0.5, 0.6) is 0 Å². The first kappa shape index (κ1) is 29.6. The summed E-state index contributed by atoms with van der Waals surface area (Å²) in [7, 11) is 0. The summed E-state index contributed by atoms with van der Waals surface area (Å²) in [4.78, 5) is 8.93. The van der Waals surface area contributed by atoms with Gasteiger partial charge in [0, 0.05) is 32.5 Å². The van der Waals surface area contributed by atoms with E-state index in [0.717, 1.165) is 22.5 Å². The molecule has 0 spiro atoms. The molecule has 0 saturated carbocycles. The van der Waals surface area contributed by atoms with E-state index in [1.54, 1.807) is 0 Å². The van der Waals surface area contributed by atoms with Crippen molar-refractivity contribution >= 4 is 0 Å². The van der Waals surface area contributed by atoms with Gasteiger partial charge in [0.05, 0.1) is 0 Å². The van der Waals surface area contributed by atoms with Crippen molar-refractivity contribution in [1.29, 1.82) is 0 Å². The van der Waals surface area contributed by atoms with E-state index < -0.39 is 0 Å². The maximum absolute atomic E-state index is 4.49. The fourth-order valence-electron chi connectivity index (χ4n) is 5.48. The summed E-state index contributed by atoms with van der Waals surface area (Å²) in [6.07, 6.45) is 3.74. The first-order chi connectivity index (χ1) is 18.6. The Labute approximate surface area is 253 Å². The zero-order valence-electron chi connectivity index (χ0n) is 24.4. The maximum atomic E-state index is 4.49. The zero-order chi connectivity index (χ0) is 27.8. The van der Waals surface area contributed by atoms with E-state index in [1.807, 2.05) is 36.7 Å². The zero-order valence-corrected chi connectivity index (χ0v) is 26.8. The van der Waals surface area contributed by atoms with Gasteiger partial charge in [-0.1, -0.05) is 88.2 Å². The third-order valence-corrected chi connectivity index (χ3v) is 8.46. The van der Waals surface area contributed by atoms with Crippen molar-refractivity contribution in [2.75, 3.05) is 0 Å². The number of hydrogen-bond acceptors (Lipinski definition) is 2. The van der Waals surface area contributed by atoms with Crippen LogP contribution in [0.2, 0.25) is 0 Å². The molecule has 0 saturated heterocycles. The molecule has 0 N–H and O–H groups in total. The Bertz CT molecular complexity index is 1620. The molecule has 1 radical (unpaired) electrons. The largest absolute Gasteiger partial charge is 0.305 e. The summed E-state index contributed by atoms with van der Waals surface area (Å²) in [5, 5.41) is 0. The van der Waals surface area contributed by atoms with E-state index in [0.29, 0.717) is 0 Å². The SMILES string of the molecule is CC1(C)c2c[c-]c(-c3ccccn3)cc2-c2ccccc2C1(C)C.Cc1c[c-]c(-c2ncc(C)cc2C)cc1.[Ir]. The second kappa shape index (κ2) is 11.6. The molecule has 3 heteroatoms. The number of hydrogen-bond donors (Lipinski definition) is 0. The molecule has 1 aliphatic carbocycles. The van der Waals surface area contributed by atoms with Gasteiger partial charge in [0.2, 0.25) is 0 Å². The molecule has 6 rings (SSSR count). The number of rotatable bonds is 2. The van der Waals surface area contributed by atoms with Crippen LogP contribution in [0.3, 0.4) is 0 Å². The van der Waals surface area contributed by atoms with Crippen LogP contribution in [0, 0.1) is 32.9 Å². The summed E-state index contributed by atoms with van der Waals surface area (Å²) >= 11 is 0. The molecule has 0 amide bonds. The maximum Gasteiger partial charge on any atom is 0.0190 e. The summed E-state index contributed by atoms with van der Waals surface area (Å²) in [5.41, 5.74) is 13.3. The second-order valence-corrected chi connectivity index (χ2v) is 11.6. The summed E-state index contributed by atoms with van der Waals surface area (Å²) in [6.45, 7) is 15.6. The Hall–Kier alpha value is -3.39. The van der Waals surface area contributed by atoms with E-state index in [2.05, 4.69) is 125 Å². The Morgan fingerprint density at radius 3 is 2.00 bits per heavy atom. The number of aromatic nitrogens is 2. The monoisotopic (exact) mass is 701 g/mol. The fourth-order valence-corrected chi connectivity index (χ4v) is 5.48. The van der Waals surface area contributed by atoms with Gasteiger partial charge in [0.25, 0.3) is 0 Å². The minimum Gasteiger partial charge on any atom is -0.305 e. The minimum atomic E-state index is 0. The van der Waals surface area contributed by atoms with Crippen LogP contribution in [0.15, 0.2) is 91.3 Å². The van der Waals surface area contributed by atoms with Crippen molar-refractivity contribution in [3.8, 4) is 33.6 Å². The molecular formula is C37H36IrN2-2. The molecular weight excluding hydrogens is 665 g/mol. The van der Waals surface area contributed by atoms with Gasteiger partial charge in [-0.05, 0) is 58.8 Å². The molecule has 2 aromatic heterocycles. The van der Waals surface area contributed by atoms with Gasteiger partial charge in [-0.25, -0.2) is 0 Å². The molecule has 0 bridgehead atoms. The molecule has 5 aromatic rings. The van der Waals surface area contributed by atoms with Gasteiger partial charge in [-0.2, -0.15) is 0 Å². The molecule has 3 aromatic carbocycles. The number of pyridine rings is 2. The van der Waals surface area contributed by atoms with Crippen LogP contribution in [0.1, 0.15) is 55.5 Å². The van der Waals surface area contributed by atoms with E-state index in [1.165, 1.54) is 38.9 Å². The van der Waals surface area contributed by atoms with Crippen LogP contribution in [0.4, 0.5) is 0 Å². The van der Waals surface area contributed by atoms with Crippen molar-refractivity contribution in [2.24, 2.45) is 0 Å². The standard InChI is InChI=1S/C23H22N.C14H14N.Ir/c1-22(2)19-10-6-5-9-17(19)18-15-16(21-11-7-8-14-24-21)12-13-20(18)23(22,3)4;1-10-4-6-13(7-5-10)14-12(3)8-11(2)9-15-14;/h5-11,13-15H,1-4H3;4-6,8-9H,1-3H3;/q2*-1;. The molecule has 0 aliphatic heterocycles. The normalized spacial score (nSPS) is 14.1. The first-order valence-corrected chi connectivity index (χ1v) is 13.6. The van der Waals surface area contributed by atoms with Crippen molar-refractivity contribution in [3.05, 3.63) is 131 Å². The Balaban J connectivity index is 0.000000200. The van der Waals surface area contributed by atoms with Gasteiger partial charge in [0.1, 0.15) is 0 Å². The summed E-state index contributed by atoms with van der Waals surface area (Å²) in [6, 6.07) is 34.3. The molecule has 0 atom stereocenters. The second-order valence-electron chi connectivity index (χ2n) is 11.6. The first-order valence-electron chi connectivity index (χ1n) is 13.6. The average molecular weight is 701 g/mol. The summed E-state index contributed by atoms with van der Waals surface area (Å²) < 4.78 is 0. The van der Waals surface area contributed by atoms with Crippen molar-refractivity contribution in [1.82, 2.24) is 9.97 Å². The van der Waals surface area contributed by atoms with Gasteiger partial charge in [-0.15, -0.1) is 64.7 Å².